The average Bonchev–Trinajstić information content (AvgIpc) is 2.77. The molecule has 0 aliphatic heterocycles. The monoisotopic (exact) mass is 405 g/mol. The number of anilines is 1. The molecular formula is C23H31N7. The van der Waals surface area contributed by atoms with E-state index in [2.05, 4.69) is 20.6 Å². The lowest BCUT2D eigenvalue weighted by Crippen LogP contribution is -2.12. The Morgan fingerprint density at radius 3 is 2.73 bits per heavy atom. The van der Waals surface area contributed by atoms with E-state index in [0.717, 1.165) is 34.2 Å². The van der Waals surface area contributed by atoms with Gasteiger partial charge in [0, 0.05) is 36.8 Å². The molecule has 1 aliphatic carbocycles. The second-order valence-corrected chi connectivity index (χ2v) is 7.67. The summed E-state index contributed by atoms with van der Waals surface area (Å²) in [6, 6.07) is 5.66. The molecule has 158 valence electrons. The van der Waals surface area contributed by atoms with Crippen LogP contribution < -0.4 is 22.1 Å². The molecule has 1 aliphatic rings. The number of rotatable bonds is 8. The fourth-order valence-corrected chi connectivity index (χ4v) is 3.88. The molecule has 2 aromatic heterocycles. The third-order valence-corrected chi connectivity index (χ3v) is 5.40. The molecule has 2 heterocycles. The molecule has 0 amide bonds. The van der Waals surface area contributed by atoms with Crippen molar-refractivity contribution in [2.24, 2.45) is 17.4 Å². The first-order chi connectivity index (χ1) is 14.6. The average molecular weight is 406 g/mol. The molecule has 7 heteroatoms. The van der Waals surface area contributed by atoms with Crippen LogP contribution in [0.4, 0.5) is 5.82 Å². The van der Waals surface area contributed by atoms with E-state index in [1.54, 1.807) is 25.6 Å². The highest BCUT2D eigenvalue weighted by Gasteiger charge is 2.14. The first kappa shape index (κ1) is 21.4. The SMILES string of the molecule is CN/C=C(\C=N)c1cnc2ccc(N/C(N)=C/C(=C\N)CC3CCCCC3)nc2c1. The minimum atomic E-state index is 0.508. The van der Waals surface area contributed by atoms with Crippen LogP contribution >= 0.6 is 0 Å². The summed E-state index contributed by atoms with van der Waals surface area (Å²) in [5, 5.41) is 13.7. The molecule has 0 radical (unpaired) electrons. The summed E-state index contributed by atoms with van der Waals surface area (Å²) < 4.78 is 0. The zero-order valence-electron chi connectivity index (χ0n) is 17.5. The summed E-state index contributed by atoms with van der Waals surface area (Å²) in [7, 11) is 1.80. The fourth-order valence-electron chi connectivity index (χ4n) is 3.88. The van der Waals surface area contributed by atoms with Crippen LogP contribution in [0.3, 0.4) is 0 Å². The smallest absolute Gasteiger partial charge is 0.132 e. The largest absolute Gasteiger partial charge is 0.404 e. The maximum absolute atomic E-state index is 7.59. The van der Waals surface area contributed by atoms with Crippen LogP contribution in [0.15, 0.2) is 54.3 Å². The molecule has 1 saturated carbocycles. The number of aromatic nitrogens is 2. The van der Waals surface area contributed by atoms with E-state index in [-0.39, 0.29) is 0 Å². The number of nitrogens with zero attached hydrogens (tertiary/aromatic N) is 2. The Morgan fingerprint density at radius 1 is 1.23 bits per heavy atom. The summed E-state index contributed by atoms with van der Waals surface area (Å²) >= 11 is 0. The lowest BCUT2D eigenvalue weighted by atomic mass is 9.85. The number of nitrogens with one attached hydrogen (secondary N) is 3. The minimum Gasteiger partial charge on any atom is -0.404 e. The van der Waals surface area contributed by atoms with Crippen molar-refractivity contribution in [2.45, 2.75) is 38.5 Å². The van der Waals surface area contributed by atoms with Gasteiger partial charge in [-0.3, -0.25) is 4.98 Å². The van der Waals surface area contributed by atoms with Gasteiger partial charge in [0.2, 0.25) is 0 Å². The van der Waals surface area contributed by atoms with Gasteiger partial charge in [-0.05, 0) is 48.4 Å². The van der Waals surface area contributed by atoms with Crippen molar-refractivity contribution in [3.05, 3.63) is 59.8 Å². The van der Waals surface area contributed by atoms with Crippen LogP contribution in [0.5, 0.6) is 0 Å². The molecule has 0 unspecified atom stereocenters. The third kappa shape index (κ3) is 5.59. The van der Waals surface area contributed by atoms with Crippen molar-refractivity contribution in [3.8, 4) is 0 Å². The van der Waals surface area contributed by atoms with Crippen molar-refractivity contribution in [3.63, 3.8) is 0 Å². The maximum atomic E-state index is 7.59. The standard InChI is InChI=1S/C23H31N7/c1-27-14-19(13-25)18-11-21-20(28-15-18)7-8-23(29-21)30-22(26)10-17(12-24)9-16-5-3-2-4-6-16/h7-8,10-16,25,27H,2-6,9,24,26H2,1H3,(H,29,30)/b17-12-,19-14+,22-10+,25-13?. The first-order valence-electron chi connectivity index (χ1n) is 10.4. The highest BCUT2D eigenvalue weighted by Crippen LogP contribution is 2.29. The van der Waals surface area contributed by atoms with Gasteiger partial charge in [0.1, 0.15) is 11.6 Å². The molecular weight excluding hydrogens is 374 g/mol. The zero-order chi connectivity index (χ0) is 21.3. The van der Waals surface area contributed by atoms with Crippen LogP contribution in [0.2, 0.25) is 0 Å². The van der Waals surface area contributed by atoms with Gasteiger partial charge in [-0.1, -0.05) is 32.1 Å². The van der Waals surface area contributed by atoms with E-state index in [9.17, 15) is 0 Å². The van der Waals surface area contributed by atoms with Gasteiger partial charge in [-0.2, -0.15) is 0 Å². The Kier molecular flexibility index (Phi) is 7.43. The normalized spacial score (nSPS) is 16.5. The Hall–Kier alpha value is -3.35. The summed E-state index contributed by atoms with van der Waals surface area (Å²) in [5.41, 5.74) is 16.2. The summed E-state index contributed by atoms with van der Waals surface area (Å²) in [6.07, 6.45) is 15.8. The van der Waals surface area contributed by atoms with Crippen LogP contribution in [-0.2, 0) is 0 Å². The van der Waals surface area contributed by atoms with E-state index in [1.165, 1.54) is 38.3 Å². The zero-order valence-corrected chi connectivity index (χ0v) is 17.5. The topological polar surface area (TPSA) is 126 Å². The predicted molar refractivity (Wildman–Crippen MR) is 125 cm³/mol. The van der Waals surface area contributed by atoms with Gasteiger partial charge in [-0.15, -0.1) is 0 Å². The molecule has 7 N–H and O–H groups in total. The number of hydrogen-bond acceptors (Lipinski definition) is 7. The molecule has 2 aromatic rings. The van der Waals surface area contributed by atoms with Crippen molar-refractivity contribution in [1.29, 1.82) is 5.41 Å². The maximum Gasteiger partial charge on any atom is 0.132 e. The van der Waals surface area contributed by atoms with E-state index >= 15 is 0 Å². The summed E-state index contributed by atoms with van der Waals surface area (Å²) in [4.78, 5) is 9.08. The highest BCUT2D eigenvalue weighted by molar-refractivity contribution is 6.08. The van der Waals surface area contributed by atoms with Gasteiger partial charge in [0.25, 0.3) is 0 Å². The van der Waals surface area contributed by atoms with E-state index < -0.39 is 0 Å². The fraction of sp³-hybridized carbons (Fsp3) is 0.348. The highest BCUT2D eigenvalue weighted by atomic mass is 15.1. The Morgan fingerprint density at radius 2 is 2.03 bits per heavy atom. The molecule has 0 atom stereocenters. The van der Waals surface area contributed by atoms with E-state index in [4.69, 9.17) is 16.9 Å². The number of pyridine rings is 2. The number of nitrogens with two attached hydrogens (primary N) is 2. The minimum absolute atomic E-state index is 0.508. The van der Waals surface area contributed by atoms with Crippen LogP contribution in [0.1, 0.15) is 44.1 Å². The Balaban J connectivity index is 1.75. The van der Waals surface area contributed by atoms with Gasteiger partial charge in [0.05, 0.1) is 11.0 Å². The van der Waals surface area contributed by atoms with Gasteiger partial charge in [-0.25, -0.2) is 4.98 Å². The molecule has 0 spiro atoms. The van der Waals surface area contributed by atoms with Crippen molar-refractivity contribution >= 4 is 28.6 Å². The molecule has 1 fully saturated rings. The molecule has 3 rings (SSSR count). The van der Waals surface area contributed by atoms with E-state index in [0.29, 0.717) is 17.6 Å². The van der Waals surface area contributed by atoms with Crippen molar-refractivity contribution in [1.82, 2.24) is 15.3 Å². The second kappa shape index (κ2) is 10.4. The quantitative estimate of drug-likeness (QED) is 0.335. The number of hydrogen-bond donors (Lipinski definition) is 5. The van der Waals surface area contributed by atoms with Gasteiger partial charge < -0.3 is 27.5 Å². The van der Waals surface area contributed by atoms with E-state index in [1.807, 2.05) is 24.3 Å². The van der Waals surface area contributed by atoms with Gasteiger partial charge in [0.15, 0.2) is 0 Å². The predicted octanol–water partition coefficient (Wildman–Crippen LogP) is 3.86. The molecule has 7 nitrogen and oxygen atoms in total. The molecule has 0 aromatic carbocycles. The third-order valence-electron chi connectivity index (χ3n) is 5.40. The van der Waals surface area contributed by atoms with Crippen LogP contribution in [0, 0.1) is 11.3 Å². The van der Waals surface area contributed by atoms with Crippen LogP contribution in [-0.4, -0.2) is 23.2 Å². The number of fused-ring (bicyclic) bond motifs is 1. The lowest BCUT2D eigenvalue weighted by Gasteiger charge is -2.21. The first-order valence-corrected chi connectivity index (χ1v) is 10.4. The summed E-state index contributed by atoms with van der Waals surface area (Å²) in [6.45, 7) is 0. The lowest BCUT2D eigenvalue weighted by molar-refractivity contribution is 0.357. The molecule has 0 bridgehead atoms. The van der Waals surface area contributed by atoms with Crippen molar-refractivity contribution < 1.29 is 0 Å². The molecule has 30 heavy (non-hydrogen) atoms. The Bertz CT molecular complexity index is 969. The Labute approximate surface area is 177 Å². The summed E-state index contributed by atoms with van der Waals surface area (Å²) in [5.74, 6) is 1.83. The molecule has 0 saturated heterocycles. The second-order valence-electron chi connectivity index (χ2n) is 7.67. The number of allylic oxidation sites excluding steroid dienone is 3. The van der Waals surface area contributed by atoms with Gasteiger partial charge >= 0.3 is 0 Å². The van der Waals surface area contributed by atoms with Crippen LogP contribution in [0.25, 0.3) is 16.6 Å². The van der Waals surface area contributed by atoms with Crippen molar-refractivity contribution in [2.75, 3.05) is 12.4 Å².